The number of alkyl halides is 3. The number of para-hydroxylation sites is 1. The normalized spacial score (nSPS) is 12.4. The Morgan fingerprint density at radius 2 is 1.56 bits per heavy atom. The number of hydrogen-bond acceptors (Lipinski definition) is 5. The first-order valence-electron chi connectivity index (χ1n) is 10.8. The summed E-state index contributed by atoms with van der Waals surface area (Å²) in [7, 11) is -3.26. The molecule has 4 rings (SSSR count). The molecule has 1 aromatic heterocycles. The molecule has 0 fully saturated rings. The minimum atomic E-state index is -4.48. The van der Waals surface area contributed by atoms with Crippen LogP contribution in [-0.4, -0.2) is 18.2 Å². The van der Waals surface area contributed by atoms with Gasteiger partial charge in [0.15, 0.2) is 0 Å². The number of aromatic nitrogens is 1. The fourth-order valence-electron chi connectivity index (χ4n) is 3.72. The topological polar surface area (TPSA) is 57.7 Å². The predicted octanol–water partition coefficient (Wildman–Crippen LogP) is 7.97. The molecule has 4 aromatic rings. The first kappa shape index (κ1) is 24.2. The first-order valence-corrected chi connectivity index (χ1v) is 12.5. The van der Waals surface area contributed by atoms with Gasteiger partial charge in [-0.15, -0.1) is 0 Å². The minimum absolute atomic E-state index is 0.0862. The van der Waals surface area contributed by atoms with Gasteiger partial charge in [-0.2, -0.15) is 13.2 Å². The van der Waals surface area contributed by atoms with E-state index in [0.29, 0.717) is 27.8 Å². The van der Waals surface area contributed by atoms with E-state index in [1.807, 2.05) is 6.07 Å². The first-order chi connectivity index (χ1) is 16.2. The third kappa shape index (κ3) is 5.41. The van der Waals surface area contributed by atoms with Crippen LogP contribution >= 0.6 is 7.60 Å². The van der Waals surface area contributed by atoms with Crippen molar-refractivity contribution in [3.05, 3.63) is 77.9 Å². The van der Waals surface area contributed by atoms with Crippen LogP contribution in [0.4, 0.5) is 13.2 Å². The van der Waals surface area contributed by atoms with E-state index in [-0.39, 0.29) is 24.9 Å². The lowest BCUT2D eigenvalue weighted by atomic mass is 10.1. The van der Waals surface area contributed by atoms with Gasteiger partial charge in [0, 0.05) is 10.8 Å². The lowest BCUT2D eigenvalue weighted by molar-refractivity contribution is -0.136. The van der Waals surface area contributed by atoms with Gasteiger partial charge >= 0.3 is 13.8 Å². The fraction of sp³-hybridized carbons (Fsp3) is 0.240. The van der Waals surface area contributed by atoms with Crippen LogP contribution in [-0.2, 0) is 26.0 Å². The standard InChI is InChI=1S/C25H23F3NO4P/c1-3-31-34(30,32-4-2)16-17-7-5-9-20(13-17)33-21-11-12-23-19(15-21)14-18-8-6-10-22(24(18)29-23)25(26,27)28/h5-15H,3-4,16H2,1-2H3. The third-order valence-electron chi connectivity index (χ3n) is 5.08. The fourth-order valence-corrected chi connectivity index (χ4v) is 5.41. The highest BCUT2D eigenvalue weighted by Gasteiger charge is 2.33. The van der Waals surface area contributed by atoms with E-state index in [1.54, 1.807) is 62.4 Å². The zero-order valence-electron chi connectivity index (χ0n) is 18.6. The summed E-state index contributed by atoms with van der Waals surface area (Å²) >= 11 is 0. The van der Waals surface area contributed by atoms with Crippen molar-refractivity contribution < 1.29 is 31.5 Å². The molecule has 9 heteroatoms. The molecule has 0 atom stereocenters. The van der Waals surface area contributed by atoms with Crippen LogP contribution in [0, 0.1) is 0 Å². The summed E-state index contributed by atoms with van der Waals surface area (Å²) in [4.78, 5) is 4.25. The smallest absolute Gasteiger partial charge is 0.418 e. The molecule has 34 heavy (non-hydrogen) atoms. The second-order valence-corrected chi connectivity index (χ2v) is 9.63. The maximum absolute atomic E-state index is 13.4. The van der Waals surface area contributed by atoms with E-state index >= 15 is 0 Å². The maximum Gasteiger partial charge on any atom is 0.418 e. The van der Waals surface area contributed by atoms with Gasteiger partial charge in [0.25, 0.3) is 0 Å². The summed E-state index contributed by atoms with van der Waals surface area (Å²) < 4.78 is 69.6. The lowest BCUT2D eigenvalue weighted by Gasteiger charge is -2.17. The number of hydrogen-bond donors (Lipinski definition) is 0. The van der Waals surface area contributed by atoms with Crippen molar-refractivity contribution in [1.82, 2.24) is 4.98 Å². The Labute approximate surface area is 195 Å². The number of halogens is 3. The maximum atomic E-state index is 13.4. The zero-order valence-corrected chi connectivity index (χ0v) is 19.5. The monoisotopic (exact) mass is 489 g/mol. The van der Waals surface area contributed by atoms with Crippen molar-refractivity contribution in [3.8, 4) is 11.5 Å². The molecule has 0 amide bonds. The molecule has 0 spiro atoms. The van der Waals surface area contributed by atoms with Gasteiger partial charge in [-0.3, -0.25) is 4.57 Å². The summed E-state index contributed by atoms with van der Waals surface area (Å²) in [5.41, 5.74) is 0.313. The van der Waals surface area contributed by atoms with E-state index < -0.39 is 19.3 Å². The van der Waals surface area contributed by atoms with Gasteiger partial charge in [0.2, 0.25) is 0 Å². The molecule has 0 saturated carbocycles. The Balaban J connectivity index is 1.62. The Hall–Kier alpha value is -2.93. The Morgan fingerprint density at radius 3 is 2.26 bits per heavy atom. The van der Waals surface area contributed by atoms with E-state index in [0.717, 1.165) is 11.6 Å². The van der Waals surface area contributed by atoms with E-state index in [2.05, 4.69) is 4.98 Å². The van der Waals surface area contributed by atoms with Crippen LogP contribution in [0.15, 0.2) is 66.7 Å². The molecule has 0 radical (unpaired) electrons. The van der Waals surface area contributed by atoms with Crippen LogP contribution in [0.1, 0.15) is 25.0 Å². The highest BCUT2D eigenvalue weighted by Crippen LogP contribution is 2.51. The number of pyridine rings is 1. The van der Waals surface area contributed by atoms with Gasteiger partial charge in [-0.1, -0.05) is 24.3 Å². The number of benzene rings is 3. The van der Waals surface area contributed by atoms with Crippen LogP contribution in [0.25, 0.3) is 21.8 Å². The van der Waals surface area contributed by atoms with Gasteiger partial charge in [0.1, 0.15) is 11.5 Å². The van der Waals surface area contributed by atoms with Crippen molar-refractivity contribution in [2.75, 3.05) is 13.2 Å². The van der Waals surface area contributed by atoms with E-state index in [1.165, 1.54) is 6.07 Å². The van der Waals surface area contributed by atoms with Gasteiger partial charge in [-0.25, -0.2) is 4.98 Å². The molecule has 3 aromatic carbocycles. The predicted molar refractivity (Wildman–Crippen MR) is 125 cm³/mol. The number of rotatable bonds is 8. The molecule has 0 N–H and O–H groups in total. The molecular formula is C25H23F3NO4P. The Bertz CT molecular complexity index is 1360. The van der Waals surface area contributed by atoms with Gasteiger partial charge < -0.3 is 13.8 Å². The summed E-state index contributed by atoms with van der Waals surface area (Å²) in [6.07, 6.45) is -4.37. The van der Waals surface area contributed by atoms with Gasteiger partial charge in [-0.05, 0) is 61.9 Å². The van der Waals surface area contributed by atoms with Crippen LogP contribution < -0.4 is 4.74 Å². The summed E-state index contributed by atoms with van der Waals surface area (Å²) in [5.74, 6) is 1.01. The lowest BCUT2D eigenvalue weighted by Crippen LogP contribution is -2.06. The van der Waals surface area contributed by atoms with Crippen molar-refractivity contribution >= 4 is 29.4 Å². The highest BCUT2D eigenvalue weighted by molar-refractivity contribution is 7.53. The largest absolute Gasteiger partial charge is 0.457 e. The van der Waals surface area contributed by atoms with E-state index in [4.69, 9.17) is 13.8 Å². The molecule has 1 heterocycles. The Kier molecular flexibility index (Phi) is 6.94. The molecule has 0 saturated heterocycles. The van der Waals surface area contributed by atoms with Crippen LogP contribution in [0.5, 0.6) is 11.5 Å². The molecule has 0 aliphatic rings. The molecule has 5 nitrogen and oxygen atoms in total. The summed E-state index contributed by atoms with van der Waals surface area (Å²) in [6, 6.07) is 17.8. The van der Waals surface area contributed by atoms with Crippen molar-refractivity contribution in [2.24, 2.45) is 0 Å². The van der Waals surface area contributed by atoms with Crippen LogP contribution in [0.3, 0.4) is 0 Å². The van der Waals surface area contributed by atoms with Crippen LogP contribution in [0.2, 0.25) is 0 Å². The highest BCUT2D eigenvalue weighted by atomic mass is 31.2. The quantitative estimate of drug-likeness (QED) is 0.186. The molecule has 0 unspecified atom stereocenters. The van der Waals surface area contributed by atoms with Gasteiger partial charge in [0.05, 0.1) is 36.0 Å². The van der Waals surface area contributed by atoms with Crippen molar-refractivity contribution in [2.45, 2.75) is 26.2 Å². The van der Waals surface area contributed by atoms with Crippen molar-refractivity contribution in [1.29, 1.82) is 0 Å². The third-order valence-corrected chi connectivity index (χ3v) is 7.13. The summed E-state index contributed by atoms with van der Waals surface area (Å²) in [6.45, 7) is 4.06. The van der Waals surface area contributed by atoms with Crippen molar-refractivity contribution in [3.63, 3.8) is 0 Å². The molecule has 178 valence electrons. The molecule has 0 aliphatic heterocycles. The zero-order chi connectivity index (χ0) is 24.3. The Morgan fingerprint density at radius 1 is 0.853 bits per heavy atom. The average Bonchev–Trinajstić information content (AvgIpc) is 2.77. The summed E-state index contributed by atoms with van der Waals surface area (Å²) in [5, 5.41) is 1.04. The molecule has 0 bridgehead atoms. The molecule has 0 aliphatic carbocycles. The molecular weight excluding hydrogens is 466 g/mol. The SMILES string of the molecule is CCOP(=O)(Cc1cccc(Oc2ccc3nc4c(C(F)(F)F)cccc4cc3c2)c1)OCC. The second kappa shape index (κ2) is 9.74. The minimum Gasteiger partial charge on any atom is -0.457 e. The van der Waals surface area contributed by atoms with E-state index in [9.17, 15) is 17.7 Å². The number of nitrogens with zero attached hydrogens (tertiary/aromatic N) is 1. The average molecular weight is 489 g/mol. The number of fused-ring (bicyclic) bond motifs is 2. The number of ether oxygens (including phenoxy) is 1. The second-order valence-electron chi connectivity index (χ2n) is 7.57.